The van der Waals surface area contributed by atoms with Crippen LogP contribution in [0.4, 0.5) is 0 Å². The first-order chi connectivity index (χ1) is 10.0. The van der Waals surface area contributed by atoms with Crippen molar-refractivity contribution in [3.8, 4) is 5.75 Å². The van der Waals surface area contributed by atoms with Crippen molar-refractivity contribution < 1.29 is 14.3 Å². The maximum Gasteiger partial charge on any atom is 0.323 e. The van der Waals surface area contributed by atoms with Gasteiger partial charge in [0.2, 0.25) is 0 Å². The zero-order valence-corrected chi connectivity index (χ0v) is 14.6. The van der Waals surface area contributed by atoms with Gasteiger partial charge >= 0.3 is 5.97 Å². The molecule has 124 valence electrons. The van der Waals surface area contributed by atoms with E-state index in [1.54, 1.807) is 0 Å². The number of esters is 1. The van der Waals surface area contributed by atoms with Crippen molar-refractivity contribution >= 4 is 5.97 Å². The van der Waals surface area contributed by atoms with E-state index in [1.807, 2.05) is 65.8 Å². The molecule has 0 amide bonds. The zero-order chi connectivity index (χ0) is 17.0. The second-order valence-corrected chi connectivity index (χ2v) is 7.20. The van der Waals surface area contributed by atoms with Crippen LogP contribution in [-0.2, 0) is 16.0 Å². The summed E-state index contributed by atoms with van der Waals surface area (Å²) < 4.78 is 11.2. The van der Waals surface area contributed by atoms with Crippen LogP contribution in [0.3, 0.4) is 0 Å². The van der Waals surface area contributed by atoms with Gasteiger partial charge in [0.15, 0.2) is 0 Å². The molecule has 0 aliphatic carbocycles. The van der Waals surface area contributed by atoms with Crippen LogP contribution in [0, 0.1) is 0 Å². The quantitative estimate of drug-likeness (QED) is 0.818. The van der Waals surface area contributed by atoms with Gasteiger partial charge in [-0.25, -0.2) is 0 Å². The molecule has 0 heterocycles. The largest absolute Gasteiger partial charge is 0.488 e. The Balaban J connectivity index is 2.61. The summed E-state index contributed by atoms with van der Waals surface area (Å²) in [5.41, 5.74) is 6.23. The molecule has 1 atom stereocenters. The third kappa shape index (κ3) is 6.48. The number of hydrogen-bond donors (Lipinski definition) is 1. The van der Waals surface area contributed by atoms with Crippen molar-refractivity contribution in [1.82, 2.24) is 0 Å². The molecule has 0 bridgehead atoms. The fraction of sp³-hybridized carbons (Fsp3) is 0.611. The summed E-state index contributed by atoms with van der Waals surface area (Å²) in [6.07, 6.45) is 1.21. The van der Waals surface area contributed by atoms with Gasteiger partial charge in [0.25, 0.3) is 0 Å². The van der Waals surface area contributed by atoms with E-state index >= 15 is 0 Å². The highest BCUT2D eigenvalue weighted by Gasteiger charge is 2.24. The van der Waals surface area contributed by atoms with Crippen LogP contribution in [0.15, 0.2) is 24.3 Å². The molecule has 0 spiro atoms. The van der Waals surface area contributed by atoms with Crippen molar-refractivity contribution in [2.75, 3.05) is 0 Å². The van der Waals surface area contributed by atoms with Gasteiger partial charge in [0.1, 0.15) is 23.0 Å². The zero-order valence-electron chi connectivity index (χ0n) is 14.6. The third-order valence-corrected chi connectivity index (χ3v) is 3.33. The molecular formula is C18H29NO3. The van der Waals surface area contributed by atoms with E-state index in [4.69, 9.17) is 15.2 Å². The summed E-state index contributed by atoms with van der Waals surface area (Å²) >= 11 is 0. The molecule has 0 fully saturated rings. The molecule has 1 aromatic rings. The molecule has 1 aromatic carbocycles. The van der Waals surface area contributed by atoms with Crippen LogP contribution in [0.5, 0.6) is 5.75 Å². The van der Waals surface area contributed by atoms with Crippen LogP contribution in [0.1, 0.15) is 53.5 Å². The second kappa shape index (κ2) is 7.14. The number of carbonyl (C=O) groups excluding carboxylic acids is 1. The van der Waals surface area contributed by atoms with E-state index in [0.717, 1.165) is 17.7 Å². The number of carbonyl (C=O) groups is 1. The molecule has 4 nitrogen and oxygen atoms in total. The summed E-state index contributed by atoms with van der Waals surface area (Å²) in [4.78, 5) is 12.0. The van der Waals surface area contributed by atoms with Crippen molar-refractivity contribution in [2.45, 2.75) is 71.6 Å². The molecule has 1 rings (SSSR count). The molecule has 2 N–H and O–H groups in total. The van der Waals surface area contributed by atoms with Gasteiger partial charge in [-0.2, -0.15) is 0 Å². The summed E-state index contributed by atoms with van der Waals surface area (Å²) in [5, 5.41) is 0. The van der Waals surface area contributed by atoms with Gasteiger partial charge in [-0.15, -0.1) is 0 Å². The number of benzene rings is 1. The van der Waals surface area contributed by atoms with Gasteiger partial charge in [-0.05, 0) is 65.2 Å². The van der Waals surface area contributed by atoms with Crippen molar-refractivity contribution in [2.24, 2.45) is 5.73 Å². The lowest BCUT2D eigenvalue weighted by molar-refractivity contribution is -0.158. The van der Waals surface area contributed by atoms with E-state index in [1.165, 1.54) is 0 Å². The van der Waals surface area contributed by atoms with E-state index in [-0.39, 0.29) is 11.6 Å². The molecule has 0 radical (unpaired) electrons. The minimum absolute atomic E-state index is 0.229. The van der Waals surface area contributed by atoms with Crippen LogP contribution in [0.25, 0.3) is 0 Å². The first-order valence-corrected chi connectivity index (χ1v) is 7.79. The molecule has 4 heteroatoms. The monoisotopic (exact) mass is 307 g/mol. The Kier molecular flexibility index (Phi) is 6.00. The van der Waals surface area contributed by atoms with Crippen molar-refractivity contribution in [3.63, 3.8) is 0 Å². The SMILES string of the molecule is CCC(C)(C)OC(=O)[C@@H](N)Cc1ccc(OC(C)(C)C)cc1. The predicted octanol–water partition coefficient (Wildman–Crippen LogP) is 3.47. The molecule has 0 aliphatic rings. The van der Waals surface area contributed by atoms with Gasteiger partial charge < -0.3 is 15.2 Å². The maximum absolute atomic E-state index is 12.0. The van der Waals surface area contributed by atoms with Crippen LogP contribution >= 0.6 is 0 Å². The Morgan fingerprint density at radius 1 is 1.14 bits per heavy atom. The maximum atomic E-state index is 12.0. The number of ether oxygens (including phenoxy) is 2. The van der Waals surface area contributed by atoms with Crippen molar-refractivity contribution in [1.29, 1.82) is 0 Å². The van der Waals surface area contributed by atoms with Crippen LogP contribution in [0.2, 0.25) is 0 Å². The first kappa shape index (κ1) is 18.5. The smallest absolute Gasteiger partial charge is 0.323 e. The highest BCUT2D eigenvalue weighted by atomic mass is 16.6. The molecule has 0 unspecified atom stereocenters. The molecule has 0 aromatic heterocycles. The lowest BCUT2D eigenvalue weighted by atomic mass is 10.0. The predicted molar refractivity (Wildman–Crippen MR) is 89.0 cm³/mol. The van der Waals surface area contributed by atoms with Crippen molar-refractivity contribution in [3.05, 3.63) is 29.8 Å². The van der Waals surface area contributed by atoms with Crippen LogP contribution < -0.4 is 10.5 Å². The average Bonchev–Trinajstić information content (AvgIpc) is 2.39. The fourth-order valence-electron chi connectivity index (χ4n) is 1.80. The summed E-state index contributed by atoms with van der Waals surface area (Å²) in [5.74, 6) is 0.446. The highest BCUT2D eigenvalue weighted by Crippen LogP contribution is 2.20. The summed E-state index contributed by atoms with van der Waals surface area (Å²) in [6.45, 7) is 11.8. The third-order valence-electron chi connectivity index (χ3n) is 3.33. The standard InChI is InChI=1S/C18H29NO3/c1-7-18(5,6)22-16(20)15(19)12-13-8-10-14(11-9-13)21-17(2,3)4/h8-11,15H,7,12,19H2,1-6H3/t15-/m0/s1. The molecule has 0 aliphatic heterocycles. The first-order valence-electron chi connectivity index (χ1n) is 7.79. The Labute approximate surface area is 134 Å². The van der Waals surface area contributed by atoms with Gasteiger partial charge in [0, 0.05) is 0 Å². The van der Waals surface area contributed by atoms with E-state index in [2.05, 4.69) is 0 Å². The lowest BCUT2D eigenvalue weighted by Gasteiger charge is -2.25. The van der Waals surface area contributed by atoms with E-state index in [0.29, 0.717) is 6.42 Å². The molecule has 22 heavy (non-hydrogen) atoms. The fourth-order valence-corrected chi connectivity index (χ4v) is 1.80. The highest BCUT2D eigenvalue weighted by molar-refractivity contribution is 5.76. The topological polar surface area (TPSA) is 61.5 Å². The van der Waals surface area contributed by atoms with E-state index in [9.17, 15) is 4.79 Å². The lowest BCUT2D eigenvalue weighted by Crippen LogP contribution is -2.39. The average molecular weight is 307 g/mol. The molecule has 0 saturated heterocycles. The van der Waals surface area contributed by atoms with Gasteiger partial charge in [-0.1, -0.05) is 19.1 Å². The number of hydrogen-bond acceptors (Lipinski definition) is 4. The minimum atomic E-state index is -0.653. The second-order valence-electron chi connectivity index (χ2n) is 7.20. The minimum Gasteiger partial charge on any atom is -0.488 e. The Morgan fingerprint density at radius 2 is 1.68 bits per heavy atom. The number of nitrogens with two attached hydrogens (primary N) is 1. The van der Waals surface area contributed by atoms with Gasteiger partial charge in [0.05, 0.1) is 0 Å². The normalized spacial score (nSPS) is 13.6. The molecule has 0 saturated carbocycles. The summed E-state index contributed by atoms with van der Waals surface area (Å²) in [6, 6.07) is 7.00. The Morgan fingerprint density at radius 3 is 2.14 bits per heavy atom. The van der Waals surface area contributed by atoms with Gasteiger partial charge in [-0.3, -0.25) is 4.79 Å². The Bertz CT molecular complexity index is 486. The summed E-state index contributed by atoms with van der Waals surface area (Å²) in [7, 11) is 0. The Hall–Kier alpha value is -1.55. The molecular weight excluding hydrogens is 278 g/mol. The van der Waals surface area contributed by atoms with Crippen LogP contribution in [-0.4, -0.2) is 23.2 Å². The van der Waals surface area contributed by atoms with E-state index < -0.39 is 11.6 Å². The number of rotatable bonds is 6.